The van der Waals surface area contributed by atoms with Crippen LogP contribution in [0.25, 0.3) is 0 Å². The Morgan fingerprint density at radius 3 is 2.10 bits per heavy atom. The molecule has 5 nitrogen and oxygen atoms in total. The maximum Gasteiger partial charge on any atom is 0.161 e. The normalized spacial score (nSPS) is 24.0. The highest BCUT2D eigenvalue weighted by molar-refractivity contribution is 6.08. The Hall–Kier alpha value is -3.31. The summed E-state index contributed by atoms with van der Waals surface area (Å²) in [5, 5.41) is 0. The van der Waals surface area contributed by atoms with Gasteiger partial charge in [-0.2, -0.15) is 0 Å². The number of methoxy groups -OCH3 is 3. The molecule has 0 N–H and O–H groups in total. The molecule has 0 aromatic heterocycles. The first-order valence-corrected chi connectivity index (χ1v) is 10.0. The predicted molar refractivity (Wildman–Crippen MR) is 117 cm³/mol. The van der Waals surface area contributed by atoms with Crippen molar-refractivity contribution in [3.8, 4) is 17.2 Å². The van der Waals surface area contributed by atoms with Gasteiger partial charge in [0, 0.05) is 0 Å². The van der Waals surface area contributed by atoms with Gasteiger partial charge in [0.1, 0.15) is 11.9 Å². The number of rotatable bonds is 6. The standard InChI is InChI=1S/C25H24N2O3/c1-28-19-12-9-16(10-13-19)22-24-23(17-7-5-4-6-8-17)27(24)25(26-22)18-11-14-20(29-2)21(15-18)30-3/h4-15,23-25H,1-3H3/t23-,24+,25-,27?/m0/s1. The van der Waals surface area contributed by atoms with Crippen LogP contribution >= 0.6 is 0 Å². The van der Waals surface area contributed by atoms with Crippen LogP contribution in [-0.4, -0.2) is 38.0 Å². The van der Waals surface area contributed by atoms with Gasteiger partial charge in [-0.25, -0.2) is 0 Å². The zero-order valence-corrected chi connectivity index (χ0v) is 17.3. The van der Waals surface area contributed by atoms with Crippen LogP contribution in [0.4, 0.5) is 0 Å². The Morgan fingerprint density at radius 2 is 1.43 bits per heavy atom. The lowest BCUT2D eigenvalue weighted by atomic mass is 10.0. The molecule has 1 saturated heterocycles. The van der Waals surface area contributed by atoms with Crippen LogP contribution in [0.1, 0.15) is 28.9 Å². The summed E-state index contributed by atoms with van der Waals surface area (Å²) in [7, 11) is 5.00. The van der Waals surface area contributed by atoms with E-state index < -0.39 is 0 Å². The van der Waals surface area contributed by atoms with Gasteiger partial charge >= 0.3 is 0 Å². The summed E-state index contributed by atoms with van der Waals surface area (Å²) in [6.45, 7) is 0. The van der Waals surface area contributed by atoms with E-state index in [9.17, 15) is 0 Å². The number of fused-ring (bicyclic) bond motifs is 1. The molecule has 0 aliphatic carbocycles. The molecule has 1 fully saturated rings. The Morgan fingerprint density at radius 1 is 0.700 bits per heavy atom. The van der Waals surface area contributed by atoms with Crippen LogP contribution in [0.15, 0.2) is 77.8 Å². The molecule has 3 aromatic rings. The molecule has 0 spiro atoms. The number of nitrogens with zero attached hydrogens (tertiary/aromatic N) is 2. The average Bonchev–Trinajstić information content (AvgIpc) is 3.43. The van der Waals surface area contributed by atoms with E-state index in [0.29, 0.717) is 6.04 Å². The van der Waals surface area contributed by atoms with Crippen molar-refractivity contribution in [1.29, 1.82) is 0 Å². The highest BCUT2D eigenvalue weighted by Gasteiger charge is 2.59. The van der Waals surface area contributed by atoms with Crippen molar-refractivity contribution in [2.45, 2.75) is 18.2 Å². The van der Waals surface area contributed by atoms with Crippen molar-refractivity contribution in [1.82, 2.24) is 4.90 Å². The lowest BCUT2D eigenvalue weighted by Crippen LogP contribution is -2.08. The molecule has 0 bridgehead atoms. The second kappa shape index (κ2) is 7.50. The van der Waals surface area contributed by atoms with Gasteiger partial charge in [-0.1, -0.05) is 36.4 Å². The smallest absolute Gasteiger partial charge is 0.161 e. The van der Waals surface area contributed by atoms with E-state index >= 15 is 0 Å². The van der Waals surface area contributed by atoms with Crippen LogP contribution in [0.5, 0.6) is 17.2 Å². The molecule has 5 heteroatoms. The summed E-state index contributed by atoms with van der Waals surface area (Å²) in [6.07, 6.45) is -0.0582. The summed E-state index contributed by atoms with van der Waals surface area (Å²) in [4.78, 5) is 7.58. The largest absolute Gasteiger partial charge is 0.497 e. The SMILES string of the molecule is COc1ccc(C2=N[C@H](c3ccc(OC)c(OC)c3)N3[C@H]2[C@@H]3c2ccccc2)cc1. The van der Waals surface area contributed by atoms with Crippen molar-refractivity contribution >= 4 is 5.71 Å². The van der Waals surface area contributed by atoms with Crippen LogP contribution in [0.3, 0.4) is 0 Å². The van der Waals surface area contributed by atoms with Gasteiger partial charge in [0.15, 0.2) is 11.5 Å². The van der Waals surface area contributed by atoms with E-state index in [1.54, 1.807) is 21.3 Å². The third-order valence-corrected chi connectivity index (χ3v) is 5.91. The van der Waals surface area contributed by atoms with E-state index in [1.807, 2.05) is 24.3 Å². The van der Waals surface area contributed by atoms with Crippen LogP contribution in [0, 0.1) is 0 Å². The molecular weight excluding hydrogens is 376 g/mol. The third kappa shape index (κ3) is 3.02. The molecule has 2 aliphatic rings. The maximum atomic E-state index is 5.53. The first-order valence-electron chi connectivity index (χ1n) is 10.0. The van der Waals surface area contributed by atoms with Gasteiger partial charge in [-0.3, -0.25) is 9.89 Å². The Labute approximate surface area is 176 Å². The Balaban J connectivity index is 1.55. The van der Waals surface area contributed by atoms with Gasteiger partial charge in [-0.05, 0) is 53.1 Å². The van der Waals surface area contributed by atoms with Gasteiger partial charge < -0.3 is 14.2 Å². The van der Waals surface area contributed by atoms with Crippen molar-refractivity contribution in [3.05, 3.63) is 89.5 Å². The van der Waals surface area contributed by atoms with E-state index in [-0.39, 0.29) is 12.2 Å². The fourth-order valence-electron chi connectivity index (χ4n) is 4.39. The molecule has 0 radical (unpaired) electrons. The predicted octanol–water partition coefficient (Wildman–Crippen LogP) is 4.64. The van der Waals surface area contributed by atoms with E-state index in [0.717, 1.165) is 34.1 Å². The molecule has 2 heterocycles. The van der Waals surface area contributed by atoms with Crippen molar-refractivity contribution in [3.63, 3.8) is 0 Å². The molecule has 1 unspecified atom stereocenters. The topological polar surface area (TPSA) is 43.1 Å². The fourth-order valence-corrected chi connectivity index (χ4v) is 4.39. The molecule has 3 aromatic carbocycles. The summed E-state index contributed by atoms with van der Waals surface area (Å²) in [5.41, 5.74) is 4.66. The molecule has 0 saturated carbocycles. The lowest BCUT2D eigenvalue weighted by molar-refractivity contribution is 0.351. The number of benzene rings is 3. The van der Waals surface area contributed by atoms with Crippen LogP contribution in [0.2, 0.25) is 0 Å². The maximum absolute atomic E-state index is 5.53. The summed E-state index contributed by atoms with van der Waals surface area (Å²) < 4.78 is 16.3. The minimum absolute atomic E-state index is 0.0582. The van der Waals surface area contributed by atoms with E-state index in [1.165, 1.54) is 5.56 Å². The molecule has 2 aliphatic heterocycles. The van der Waals surface area contributed by atoms with E-state index in [2.05, 4.69) is 53.4 Å². The first kappa shape index (κ1) is 18.7. The molecule has 0 amide bonds. The van der Waals surface area contributed by atoms with Crippen molar-refractivity contribution in [2.24, 2.45) is 4.99 Å². The Bertz CT molecular complexity index is 1080. The zero-order chi connectivity index (χ0) is 20.7. The number of hydrogen-bond acceptors (Lipinski definition) is 5. The highest BCUT2D eigenvalue weighted by atomic mass is 16.5. The fraction of sp³-hybridized carbons (Fsp3) is 0.240. The third-order valence-electron chi connectivity index (χ3n) is 5.91. The van der Waals surface area contributed by atoms with Gasteiger partial charge in [0.2, 0.25) is 0 Å². The van der Waals surface area contributed by atoms with Crippen LogP contribution in [-0.2, 0) is 0 Å². The Kier molecular flexibility index (Phi) is 4.68. The van der Waals surface area contributed by atoms with Crippen molar-refractivity contribution < 1.29 is 14.2 Å². The second-order valence-corrected chi connectivity index (χ2v) is 7.48. The summed E-state index contributed by atoms with van der Waals surface area (Å²) in [5.74, 6) is 2.29. The van der Waals surface area contributed by atoms with E-state index in [4.69, 9.17) is 19.2 Å². The quantitative estimate of drug-likeness (QED) is 0.566. The molecule has 30 heavy (non-hydrogen) atoms. The summed E-state index contributed by atoms with van der Waals surface area (Å²) >= 11 is 0. The zero-order valence-electron chi connectivity index (χ0n) is 17.3. The second-order valence-electron chi connectivity index (χ2n) is 7.48. The van der Waals surface area contributed by atoms with Gasteiger partial charge in [0.05, 0.1) is 39.1 Å². The molecular formula is C25H24N2O3. The molecule has 5 rings (SSSR count). The lowest BCUT2D eigenvalue weighted by Gasteiger charge is -2.16. The molecule has 4 atom stereocenters. The molecule has 152 valence electrons. The average molecular weight is 400 g/mol. The van der Waals surface area contributed by atoms with Crippen LogP contribution < -0.4 is 14.2 Å². The number of ether oxygens (including phenoxy) is 3. The van der Waals surface area contributed by atoms with Gasteiger partial charge in [-0.15, -0.1) is 0 Å². The minimum atomic E-state index is -0.0582. The highest BCUT2D eigenvalue weighted by Crippen LogP contribution is 2.56. The summed E-state index contributed by atoms with van der Waals surface area (Å²) in [6, 6.07) is 25.4. The monoisotopic (exact) mass is 400 g/mol. The first-order chi connectivity index (χ1) is 14.7. The minimum Gasteiger partial charge on any atom is -0.497 e. The number of hydrogen-bond donors (Lipinski definition) is 0. The number of aliphatic imine (C=N–C) groups is 1. The van der Waals surface area contributed by atoms with Crippen molar-refractivity contribution in [2.75, 3.05) is 21.3 Å². The van der Waals surface area contributed by atoms with Gasteiger partial charge in [0.25, 0.3) is 0 Å².